The number of halogens is 1. The second kappa shape index (κ2) is 7.05. The van der Waals surface area contributed by atoms with Gasteiger partial charge in [-0.05, 0) is 63.4 Å². The Morgan fingerprint density at radius 3 is 2.41 bits per heavy atom. The molecule has 0 fully saturated rings. The number of rotatable bonds is 3. The molecule has 0 unspecified atom stereocenters. The Balaban J connectivity index is 2.00. The molecule has 4 heteroatoms. The molecule has 2 rings (SSSR count). The maximum Gasteiger partial charge on any atom is 0.271 e. The smallest absolute Gasteiger partial charge is 0.267 e. The Morgan fingerprint density at radius 1 is 1.14 bits per heavy atom. The molecule has 0 aromatic heterocycles. The number of nitrogens with one attached hydrogen (secondary N) is 1. The van der Waals surface area contributed by atoms with Crippen LogP contribution in [0.3, 0.4) is 0 Å². The predicted molar refractivity (Wildman–Crippen MR) is 99.4 cm³/mol. The Bertz CT molecular complexity index is 685. The minimum atomic E-state index is -0.206. The van der Waals surface area contributed by atoms with Crippen molar-refractivity contribution in [1.29, 1.82) is 0 Å². The van der Waals surface area contributed by atoms with Gasteiger partial charge in [-0.3, -0.25) is 4.79 Å². The van der Waals surface area contributed by atoms with Crippen LogP contribution in [0.25, 0.3) is 0 Å². The Morgan fingerprint density at radius 2 is 1.82 bits per heavy atom. The second-order valence-corrected chi connectivity index (χ2v) is 7.33. The zero-order chi connectivity index (χ0) is 16.2. The summed E-state index contributed by atoms with van der Waals surface area (Å²) in [5.41, 5.74) is 5.39. The zero-order valence-corrected chi connectivity index (χ0v) is 15.1. The molecular weight excluding hydrogens is 387 g/mol. The van der Waals surface area contributed by atoms with E-state index in [0.29, 0.717) is 5.56 Å². The molecule has 114 valence electrons. The SMILES string of the molecule is CC(C)(C)c1ccc(C(=O)N/N=C\c2cccc(I)c2)cc1. The molecule has 0 spiro atoms. The van der Waals surface area contributed by atoms with Gasteiger partial charge in [0.1, 0.15) is 0 Å². The van der Waals surface area contributed by atoms with Gasteiger partial charge in [0, 0.05) is 9.13 Å². The minimum Gasteiger partial charge on any atom is -0.267 e. The van der Waals surface area contributed by atoms with Gasteiger partial charge in [0.15, 0.2) is 0 Å². The van der Waals surface area contributed by atoms with E-state index < -0.39 is 0 Å². The molecule has 0 bridgehead atoms. The van der Waals surface area contributed by atoms with Crippen molar-refractivity contribution in [2.45, 2.75) is 26.2 Å². The molecule has 0 saturated heterocycles. The van der Waals surface area contributed by atoms with Crippen molar-refractivity contribution < 1.29 is 4.79 Å². The largest absolute Gasteiger partial charge is 0.271 e. The summed E-state index contributed by atoms with van der Waals surface area (Å²) in [6.45, 7) is 6.44. The molecule has 0 aliphatic rings. The van der Waals surface area contributed by atoms with Crippen molar-refractivity contribution in [3.8, 4) is 0 Å². The summed E-state index contributed by atoms with van der Waals surface area (Å²) < 4.78 is 1.13. The molecular formula is C18H19IN2O. The quantitative estimate of drug-likeness (QED) is 0.460. The molecule has 22 heavy (non-hydrogen) atoms. The zero-order valence-electron chi connectivity index (χ0n) is 12.9. The number of hydrogen-bond acceptors (Lipinski definition) is 2. The second-order valence-electron chi connectivity index (χ2n) is 6.08. The average molecular weight is 406 g/mol. The van der Waals surface area contributed by atoms with Crippen molar-refractivity contribution in [2.24, 2.45) is 5.10 Å². The summed E-state index contributed by atoms with van der Waals surface area (Å²) in [4.78, 5) is 12.0. The van der Waals surface area contributed by atoms with Crippen molar-refractivity contribution in [2.75, 3.05) is 0 Å². The van der Waals surface area contributed by atoms with Gasteiger partial charge in [0.05, 0.1) is 6.21 Å². The lowest BCUT2D eigenvalue weighted by molar-refractivity contribution is 0.0955. The average Bonchev–Trinajstić information content (AvgIpc) is 2.46. The number of amides is 1. The summed E-state index contributed by atoms with van der Waals surface area (Å²) in [6, 6.07) is 15.5. The highest BCUT2D eigenvalue weighted by Gasteiger charge is 2.14. The van der Waals surface area contributed by atoms with E-state index in [-0.39, 0.29) is 11.3 Å². The number of carbonyl (C=O) groups is 1. The Labute approximate surface area is 145 Å². The van der Waals surface area contributed by atoms with Crippen LogP contribution in [0.1, 0.15) is 42.3 Å². The Kier molecular flexibility index (Phi) is 5.34. The van der Waals surface area contributed by atoms with Gasteiger partial charge in [0.2, 0.25) is 0 Å². The highest BCUT2D eigenvalue weighted by molar-refractivity contribution is 14.1. The fourth-order valence-corrected chi connectivity index (χ4v) is 2.51. The van der Waals surface area contributed by atoms with Crippen LogP contribution in [-0.4, -0.2) is 12.1 Å². The van der Waals surface area contributed by atoms with Crippen LogP contribution < -0.4 is 5.43 Å². The molecule has 1 amide bonds. The molecule has 0 saturated carbocycles. The summed E-state index contributed by atoms with van der Waals surface area (Å²) in [6.07, 6.45) is 1.64. The van der Waals surface area contributed by atoms with E-state index in [1.54, 1.807) is 6.21 Å². The number of carbonyl (C=O) groups excluding carboxylic acids is 1. The molecule has 0 heterocycles. The third kappa shape index (κ3) is 4.66. The highest BCUT2D eigenvalue weighted by atomic mass is 127. The molecule has 0 aliphatic carbocycles. The fourth-order valence-electron chi connectivity index (χ4n) is 1.94. The standard InChI is InChI=1S/C18H19IN2O/c1-18(2,3)15-9-7-14(8-10-15)17(22)21-20-12-13-5-4-6-16(19)11-13/h4-12H,1-3H3,(H,21,22)/b20-12-. The first-order chi connectivity index (χ1) is 10.4. The van der Waals surface area contributed by atoms with Gasteiger partial charge in [-0.15, -0.1) is 0 Å². The van der Waals surface area contributed by atoms with Crippen molar-refractivity contribution in [3.63, 3.8) is 0 Å². The van der Waals surface area contributed by atoms with Gasteiger partial charge in [-0.1, -0.05) is 45.0 Å². The van der Waals surface area contributed by atoms with Crippen LogP contribution in [0.2, 0.25) is 0 Å². The maximum absolute atomic E-state index is 12.0. The van der Waals surface area contributed by atoms with Crippen molar-refractivity contribution in [3.05, 3.63) is 68.8 Å². The van der Waals surface area contributed by atoms with E-state index in [1.807, 2.05) is 48.5 Å². The van der Waals surface area contributed by atoms with E-state index in [2.05, 4.69) is 53.9 Å². The molecule has 0 radical (unpaired) electrons. The third-order valence-corrected chi connectivity index (χ3v) is 3.91. The number of benzene rings is 2. The van der Waals surface area contributed by atoms with Crippen molar-refractivity contribution >= 4 is 34.7 Å². The van der Waals surface area contributed by atoms with Gasteiger partial charge in [0.25, 0.3) is 5.91 Å². The van der Waals surface area contributed by atoms with E-state index in [9.17, 15) is 4.79 Å². The first-order valence-electron chi connectivity index (χ1n) is 7.06. The van der Waals surface area contributed by atoms with E-state index in [0.717, 1.165) is 9.13 Å². The van der Waals surface area contributed by atoms with E-state index in [1.165, 1.54) is 5.56 Å². The lowest BCUT2D eigenvalue weighted by atomic mass is 9.87. The fraction of sp³-hybridized carbons (Fsp3) is 0.222. The van der Waals surface area contributed by atoms with Gasteiger partial charge >= 0.3 is 0 Å². The number of nitrogens with zero attached hydrogens (tertiary/aromatic N) is 1. The topological polar surface area (TPSA) is 41.5 Å². The Hall–Kier alpha value is -1.69. The van der Waals surface area contributed by atoms with Crippen LogP contribution in [0.5, 0.6) is 0 Å². The first-order valence-corrected chi connectivity index (χ1v) is 8.14. The summed E-state index contributed by atoms with van der Waals surface area (Å²) in [5, 5.41) is 4.00. The lowest BCUT2D eigenvalue weighted by Gasteiger charge is -2.18. The molecule has 0 atom stereocenters. The van der Waals surface area contributed by atoms with E-state index in [4.69, 9.17) is 0 Å². The summed E-state index contributed by atoms with van der Waals surface area (Å²) >= 11 is 2.24. The predicted octanol–water partition coefficient (Wildman–Crippen LogP) is 4.35. The first kappa shape index (κ1) is 16.7. The third-order valence-electron chi connectivity index (χ3n) is 3.24. The van der Waals surface area contributed by atoms with Crippen LogP contribution in [0.4, 0.5) is 0 Å². The highest BCUT2D eigenvalue weighted by Crippen LogP contribution is 2.22. The molecule has 2 aromatic carbocycles. The van der Waals surface area contributed by atoms with Crippen LogP contribution in [0, 0.1) is 3.57 Å². The summed E-state index contributed by atoms with van der Waals surface area (Å²) in [7, 11) is 0. The normalized spacial score (nSPS) is 11.6. The molecule has 2 aromatic rings. The number of hydrazone groups is 1. The lowest BCUT2D eigenvalue weighted by Crippen LogP contribution is -2.18. The van der Waals surface area contributed by atoms with Crippen LogP contribution in [-0.2, 0) is 5.41 Å². The monoisotopic (exact) mass is 406 g/mol. The van der Waals surface area contributed by atoms with Gasteiger partial charge in [-0.2, -0.15) is 5.10 Å². The van der Waals surface area contributed by atoms with Crippen molar-refractivity contribution in [1.82, 2.24) is 5.43 Å². The molecule has 1 N–H and O–H groups in total. The molecule has 0 aliphatic heterocycles. The van der Waals surface area contributed by atoms with Gasteiger partial charge < -0.3 is 0 Å². The van der Waals surface area contributed by atoms with Gasteiger partial charge in [-0.25, -0.2) is 5.43 Å². The van der Waals surface area contributed by atoms with Crippen LogP contribution in [0.15, 0.2) is 53.6 Å². The molecule has 3 nitrogen and oxygen atoms in total. The summed E-state index contributed by atoms with van der Waals surface area (Å²) in [5.74, 6) is -0.206. The minimum absolute atomic E-state index is 0.0810. The van der Waals surface area contributed by atoms with E-state index >= 15 is 0 Å². The number of hydrogen-bond donors (Lipinski definition) is 1. The van der Waals surface area contributed by atoms with Crippen LogP contribution >= 0.6 is 22.6 Å². The maximum atomic E-state index is 12.0.